The molecule has 0 N–H and O–H groups in total. The predicted octanol–water partition coefficient (Wildman–Crippen LogP) is 2.25. The molecule has 120 valence electrons. The minimum Gasteiger partial charge on any atom is -0.337 e. The molecule has 3 rings (SSSR count). The molecule has 1 fully saturated rings. The van der Waals surface area contributed by atoms with Crippen molar-refractivity contribution >= 4 is 0 Å². The number of likely N-dealkylation sites (tertiary alicyclic amines) is 1. The van der Waals surface area contributed by atoms with E-state index in [1.807, 2.05) is 18.1 Å². The van der Waals surface area contributed by atoms with Crippen LogP contribution in [0.5, 0.6) is 0 Å². The van der Waals surface area contributed by atoms with E-state index in [1.165, 1.54) is 37.9 Å². The molecule has 5 heteroatoms. The van der Waals surface area contributed by atoms with Crippen molar-refractivity contribution in [3.63, 3.8) is 0 Å². The van der Waals surface area contributed by atoms with Gasteiger partial charge in [0, 0.05) is 32.4 Å². The molecular formula is C17H27N5. The highest BCUT2D eigenvalue weighted by Gasteiger charge is 2.16. The van der Waals surface area contributed by atoms with Gasteiger partial charge in [-0.3, -0.25) is 4.68 Å². The zero-order valence-corrected chi connectivity index (χ0v) is 14.0. The number of aromatic nitrogens is 4. The van der Waals surface area contributed by atoms with Gasteiger partial charge in [0.1, 0.15) is 0 Å². The maximum absolute atomic E-state index is 4.54. The minimum atomic E-state index is 0.827. The second kappa shape index (κ2) is 6.65. The highest BCUT2D eigenvalue weighted by molar-refractivity contribution is 5.20. The molecule has 2 aromatic rings. The summed E-state index contributed by atoms with van der Waals surface area (Å²) in [5, 5.41) is 4.50. The highest BCUT2D eigenvalue weighted by Crippen LogP contribution is 2.20. The normalized spacial score (nSPS) is 17.2. The first-order chi connectivity index (χ1) is 10.6. The molecule has 0 atom stereocenters. The van der Waals surface area contributed by atoms with Crippen LogP contribution in [0.15, 0.2) is 18.7 Å². The lowest BCUT2D eigenvalue weighted by Gasteiger charge is -2.28. The SMILES string of the molecule is Cc1cn(C)nc1Cc1cn(CCC2CCN(C)CC2)cn1. The van der Waals surface area contributed by atoms with Gasteiger partial charge in [-0.15, -0.1) is 0 Å². The van der Waals surface area contributed by atoms with E-state index < -0.39 is 0 Å². The molecule has 0 saturated carbocycles. The van der Waals surface area contributed by atoms with Crippen LogP contribution in [0.3, 0.4) is 0 Å². The molecule has 0 aliphatic carbocycles. The summed E-state index contributed by atoms with van der Waals surface area (Å²) in [6, 6.07) is 0. The van der Waals surface area contributed by atoms with Gasteiger partial charge in [-0.1, -0.05) is 0 Å². The standard InChI is InChI=1S/C17H27N5/c1-14-11-21(3)19-17(14)10-16-12-22(13-18-16)9-6-15-4-7-20(2)8-5-15/h11-13,15H,4-10H2,1-3H3. The first kappa shape index (κ1) is 15.3. The van der Waals surface area contributed by atoms with Crippen molar-refractivity contribution in [3.8, 4) is 0 Å². The Morgan fingerprint density at radius 3 is 2.64 bits per heavy atom. The second-order valence-corrected chi connectivity index (χ2v) is 6.75. The lowest BCUT2D eigenvalue weighted by molar-refractivity contribution is 0.208. The largest absolute Gasteiger partial charge is 0.337 e. The van der Waals surface area contributed by atoms with E-state index >= 15 is 0 Å². The Hall–Kier alpha value is -1.62. The number of nitrogens with zero attached hydrogens (tertiary/aromatic N) is 5. The molecular weight excluding hydrogens is 274 g/mol. The Morgan fingerprint density at radius 1 is 1.18 bits per heavy atom. The van der Waals surface area contributed by atoms with Crippen LogP contribution in [-0.2, 0) is 20.0 Å². The maximum atomic E-state index is 4.54. The summed E-state index contributed by atoms with van der Waals surface area (Å²) in [4.78, 5) is 6.97. The summed E-state index contributed by atoms with van der Waals surface area (Å²) in [6.07, 6.45) is 11.0. The van der Waals surface area contributed by atoms with Crippen LogP contribution >= 0.6 is 0 Å². The van der Waals surface area contributed by atoms with Gasteiger partial charge in [-0.25, -0.2) is 4.98 Å². The average Bonchev–Trinajstić information content (AvgIpc) is 3.05. The third-order valence-electron chi connectivity index (χ3n) is 4.78. The van der Waals surface area contributed by atoms with Gasteiger partial charge in [-0.05, 0) is 57.8 Å². The Bertz CT molecular complexity index is 604. The van der Waals surface area contributed by atoms with Crippen molar-refractivity contribution < 1.29 is 0 Å². The molecule has 0 radical (unpaired) electrons. The highest BCUT2D eigenvalue weighted by atomic mass is 15.2. The number of imidazole rings is 1. The van der Waals surface area contributed by atoms with Crippen molar-refractivity contribution in [3.05, 3.63) is 35.7 Å². The zero-order chi connectivity index (χ0) is 15.5. The van der Waals surface area contributed by atoms with Crippen molar-refractivity contribution in [2.45, 2.75) is 39.2 Å². The van der Waals surface area contributed by atoms with Gasteiger partial charge in [0.05, 0.1) is 17.7 Å². The van der Waals surface area contributed by atoms with E-state index in [1.54, 1.807) is 0 Å². The monoisotopic (exact) mass is 301 g/mol. The molecule has 1 aliphatic rings. The number of hydrogen-bond acceptors (Lipinski definition) is 3. The van der Waals surface area contributed by atoms with Crippen molar-refractivity contribution in [1.29, 1.82) is 0 Å². The van der Waals surface area contributed by atoms with Crippen LogP contribution < -0.4 is 0 Å². The number of aryl methyl sites for hydroxylation is 3. The summed E-state index contributed by atoms with van der Waals surface area (Å²) < 4.78 is 4.12. The topological polar surface area (TPSA) is 38.9 Å². The predicted molar refractivity (Wildman–Crippen MR) is 87.8 cm³/mol. The van der Waals surface area contributed by atoms with E-state index in [9.17, 15) is 0 Å². The quantitative estimate of drug-likeness (QED) is 0.850. The summed E-state index contributed by atoms with van der Waals surface area (Å²) in [5.74, 6) is 0.875. The van der Waals surface area contributed by atoms with Crippen LogP contribution in [0.4, 0.5) is 0 Å². The Balaban J connectivity index is 1.52. The van der Waals surface area contributed by atoms with Crippen LogP contribution in [-0.4, -0.2) is 44.4 Å². The third-order valence-corrected chi connectivity index (χ3v) is 4.78. The summed E-state index contributed by atoms with van der Waals surface area (Å²) in [5.41, 5.74) is 3.48. The molecule has 5 nitrogen and oxygen atoms in total. The summed E-state index contributed by atoms with van der Waals surface area (Å²) in [6.45, 7) is 5.69. The van der Waals surface area contributed by atoms with Crippen LogP contribution in [0.25, 0.3) is 0 Å². The van der Waals surface area contributed by atoms with Gasteiger partial charge in [0.2, 0.25) is 0 Å². The smallest absolute Gasteiger partial charge is 0.0949 e. The lowest BCUT2D eigenvalue weighted by Crippen LogP contribution is -2.30. The molecule has 1 aliphatic heterocycles. The van der Waals surface area contributed by atoms with Crippen LogP contribution in [0.1, 0.15) is 36.2 Å². The number of hydrogen-bond donors (Lipinski definition) is 0. The third kappa shape index (κ3) is 3.77. The van der Waals surface area contributed by atoms with Crippen molar-refractivity contribution in [1.82, 2.24) is 24.2 Å². The lowest BCUT2D eigenvalue weighted by atomic mass is 9.94. The Labute approximate surface area is 133 Å². The average molecular weight is 301 g/mol. The molecule has 0 unspecified atom stereocenters. The van der Waals surface area contributed by atoms with E-state index in [0.29, 0.717) is 0 Å². The molecule has 2 aromatic heterocycles. The summed E-state index contributed by atoms with van der Waals surface area (Å²) in [7, 11) is 4.19. The zero-order valence-electron chi connectivity index (χ0n) is 14.0. The van der Waals surface area contributed by atoms with E-state index in [0.717, 1.165) is 30.3 Å². The van der Waals surface area contributed by atoms with E-state index in [-0.39, 0.29) is 0 Å². The Kier molecular flexibility index (Phi) is 4.62. The second-order valence-electron chi connectivity index (χ2n) is 6.75. The molecule has 0 aromatic carbocycles. The molecule has 22 heavy (non-hydrogen) atoms. The number of piperidine rings is 1. The maximum Gasteiger partial charge on any atom is 0.0949 e. The molecule has 0 bridgehead atoms. The molecule has 3 heterocycles. The van der Waals surface area contributed by atoms with Gasteiger partial charge < -0.3 is 9.47 Å². The van der Waals surface area contributed by atoms with Crippen LogP contribution in [0.2, 0.25) is 0 Å². The van der Waals surface area contributed by atoms with Gasteiger partial charge >= 0.3 is 0 Å². The molecule has 1 saturated heterocycles. The first-order valence-electron chi connectivity index (χ1n) is 8.28. The molecule has 0 spiro atoms. The van der Waals surface area contributed by atoms with Gasteiger partial charge in [0.15, 0.2) is 0 Å². The fourth-order valence-corrected chi connectivity index (χ4v) is 3.30. The van der Waals surface area contributed by atoms with Crippen molar-refractivity contribution in [2.75, 3.05) is 20.1 Å². The fourth-order valence-electron chi connectivity index (χ4n) is 3.30. The van der Waals surface area contributed by atoms with E-state index in [4.69, 9.17) is 0 Å². The minimum absolute atomic E-state index is 0.827. The Morgan fingerprint density at radius 2 is 1.95 bits per heavy atom. The fraction of sp³-hybridized carbons (Fsp3) is 0.647. The van der Waals surface area contributed by atoms with E-state index in [2.05, 4.69) is 45.9 Å². The summed E-state index contributed by atoms with van der Waals surface area (Å²) >= 11 is 0. The van der Waals surface area contributed by atoms with Gasteiger partial charge in [0.25, 0.3) is 0 Å². The van der Waals surface area contributed by atoms with Gasteiger partial charge in [-0.2, -0.15) is 5.10 Å². The molecule has 0 amide bonds. The first-order valence-corrected chi connectivity index (χ1v) is 8.28. The number of rotatable bonds is 5. The van der Waals surface area contributed by atoms with Crippen molar-refractivity contribution in [2.24, 2.45) is 13.0 Å². The van der Waals surface area contributed by atoms with Crippen LogP contribution in [0, 0.1) is 12.8 Å².